The molecule has 0 aliphatic carbocycles. The van der Waals surface area contributed by atoms with E-state index in [9.17, 15) is 9.90 Å². The molecule has 0 spiro atoms. The molecule has 132 valence electrons. The van der Waals surface area contributed by atoms with Crippen molar-refractivity contribution in [3.8, 4) is 0 Å². The van der Waals surface area contributed by atoms with Crippen molar-refractivity contribution in [1.82, 2.24) is 0 Å². The number of ether oxygens (including phenoxy) is 2. The normalized spacial score (nSPS) is 12.3. The molecule has 0 fully saturated rings. The van der Waals surface area contributed by atoms with Crippen LogP contribution in [0.2, 0.25) is 0 Å². The molecule has 0 rings (SSSR count). The average Bonchev–Trinajstić information content (AvgIpc) is 2.51. The summed E-state index contributed by atoms with van der Waals surface area (Å²) in [4.78, 5) is 11.5. The van der Waals surface area contributed by atoms with Gasteiger partial charge in [0.25, 0.3) is 0 Å². The van der Waals surface area contributed by atoms with Crippen molar-refractivity contribution in [2.45, 2.75) is 90.6 Å². The van der Waals surface area contributed by atoms with E-state index in [2.05, 4.69) is 13.8 Å². The van der Waals surface area contributed by atoms with Crippen LogP contribution in [0.5, 0.6) is 0 Å². The summed E-state index contributed by atoms with van der Waals surface area (Å²) in [5.74, 6) is -0.103. The van der Waals surface area contributed by atoms with Gasteiger partial charge in [-0.05, 0) is 32.1 Å². The smallest absolute Gasteiger partial charge is 0.305 e. The number of aliphatic hydroxyl groups excluding tert-OH is 1. The van der Waals surface area contributed by atoms with E-state index in [1.807, 2.05) is 0 Å². The first-order chi connectivity index (χ1) is 10.7. The lowest BCUT2D eigenvalue weighted by Crippen LogP contribution is -2.11. The van der Waals surface area contributed by atoms with Gasteiger partial charge < -0.3 is 14.6 Å². The topological polar surface area (TPSA) is 55.8 Å². The minimum atomic E-state index is -0.313. The second-order valence-electron chi connectivity index (χ2n) is 5.94. The van der Waals surface area contributed by atoms with Gasteiger partial charge in [-0.2, -0.15) is 0 Å². The van der Waals surface area contributed by atoms with E-state index in [0.29, 0.717) is 26.1 Å². The molecule has 4 nitrogen and oxygen atoms in total. The number of unbranched alkanes of at least 4 members (excludes halogenated alkanes) is 5. The quantitative estimate of drug-likeness (QED) is 0.342. The van der Waals surface area contributed by atoms with Crippen molar-refractivity contribution in [2.75, 3.05) is 19.8 Å². The highest BCUT2D eigenvalue weighted by molar-refractivity contribution is 5.69. The third kappa shape index (κ3) is 15.8. The number of hydrogen-bond acceptors (Lipinski definition) is 4. The minimum Gasteiger partial charge on any atom is -0.466 e. The molecule has 0 aliphatic heterocycles. The molecule has 1 N–H and O–H groups in total. The summed E-state index contributed by atoms with van der Waals surface area (Å²) in [6.07, 6.45) is 9.95. The van der Waals surface area contributed by atoms with Crippen LogP contribution in [-0.2, 0) is 14.3 Å². The van der Waals surface area contributed by atoms with Crippen LogP contribution in [0.4, 0.5) is 0 Å². The van der Waals surface area contributed by atoms with E-state index in [1.165, 1.54) is 12.8 Å². The molecule has 22 heavy (non-hydrogen) atoms. The van der Waals surface area contributed by atoms with E-state index in [0.717, 1.165) is 51.6 Å². The molecule has 0 radical (unpaired) electrons. The molecule has 0 aromatic heterocycles. The van der Waals surface area contributed by atoms with Crippen LogP contribution in [0.3, 0.4) is 0 Å². The van der Waals surface area contributed by atoms with Gasteiger partial charge in [0.15, 0.2) is 0 Å². The van der Waals surface area contributed by atoms with Gasteiger partial charge in [0, 0.05) is 19.6 Å². The summed E-state index contributed by atoms with van der Waals surface area (Å²) in [5, 5.41) is 9.80. The first-order valence-corrected chi connectivity index (χ1v) is 9.12. The summed E-state index contributed by atoms with van der Waals surface area (Å²) in [6, 6.07) is 0. The van der Waals surface area contributed by atoms with E-state index in [4.69, 9.17) is 9.47 Å². The number of aliphatic hydroxyl groups is 1. The van der Waals surface area contributed by atoms with E-state index in [1.54, 1.807) is 0 Å². The second-order valence-corrected chi connectivity index (χ2v) is 5.94. The minimum absolute atomic E-state index is 0.103. The first-order valence-electron chi connectivity index (χ1n) is 9.12. The zero-order chi connectivity index (χ0) is 16.5. The number of rotatable bonds is 16. The van der Waals surface area contributed by atoms with Crippen molar-refractivity contribution in [2.24, 2.45) is 0 Å². The van der Waals surface area contributed by atoms with Gasteiger partial charge in [0.2, 0.25) is 0 Å². The van der Waals surface area contributed by atoms with Crippen LogP contribution in [0.1, 0.15) is 84.5 Å². The summed E-state index contributed by atoms with van der Waals surface area (Å²) in [7, 11) is 0. The molecular formula is C18H36O4. The fraction of sp³-hybridized carbons (Fsp3) is 0.944. The number of hydrogen-bond donors (Lipinski definition) is 1. The molecule has 0 bridgehead atoms. The molecule has 4 heteroatoms. The standard InChI is InChI=1S/C18H36O4/c1-3-5-7-10-15-22-18(20)12-9-8-11-17(19)13-16-21-14-6-4-2/h17,19H,3-16H2,1-2H3/t17-/m1/s1. The number of carbonyl (C=O) groups is 1. The van der Waals surface area contributed by atoms with Gasteiger partial charge in [-0.3, -0.25) is 4.79 Å². The lowest BCUT2D eigenvalue weighted by atomic mass is 10.1. The molecule has 0 heterocycles. The van der Waals surface area contributed by atoms with Crippen molar-refractivity contribution >= 4 is 5.97 Å². The Balaban J connectivity index is 3.30. The van der Waals surface area contributed by atoms with Crippen LogP contribution in [0.25, 0.3) is 0 Å². The Bertz CT molecular complexity index is 243. The molecule has 0 unspecified atom stereocenters. The maximum atomic E-state index is 11.5. The monoisotopic (exact) mass is 316 g/mol. The largest absolute Gasteiger partial charge is 0.466 e. The highest BCUT2D eigenvalue weighted by Crippen LogP contribution is 2.08. The second kappa shape index (κ2) is 16.8. The van der Waals surface area contributed by atoms with Crippen molar-refractivity contribution in [1.29, 1.82) is 0 Å². The van der Waals surface area contributed by atoms with E-state index in [-0.39, 0.29) is 12.1 Å². The summed E-state index contributed by atoms with van der Waals surface area (Å²) >= 11 is 0. The Labute approximate surface area is 136 Å². The van der Waals surface area contributed by atoms with Crippen LogP contribution in [0, 0.1) is 0 Å². The van der Waals surface area contributed by atoms with Crippen molar-refractivity contribution in [3.05, 3.63) is 0 Å². The third-order valence-electron chi connectivity index (χ3n) is 3.67. The predicted molar refractivity (Wildman–Crippen MR) is 89.9 cm³/mol. The van der Waals surface area contributed by atoms with Gasteiger partial charge in [0.05, 0.1) is 12.7 Å². The van der Waals surface area contributed by atoms with E-state index >= 15 is 0 Å². The van der Waals surface area contributed by atoms with Crippen molar-refractivity contribution in [3.63, 3.8) is 0 Å². The fourth-order valence-electron chi connectivity index (χ4n) is 2.15. The summed E-state index contributed by atoms with van der Waals surface area (Å²) in [5.41, 5.74) is 0. The zero-order valence-corrected chi connectivity index (χ0v) is 14.6. The summed E-state index contributed by atoms with van der Waals surface area (Å²) < 4.78 is 10.6. The molecule has 0 saturated heterocycles. The SMILES string of the molecule is CCCCCCOC(=O)CCCC[C@@H](O)CCOCCCC. The molecule has 0 saturated carbocycles. The third-order valence-corrected chi connectivity index (χ3v) is 3.67. The van der Waals surface area contributed by atoms with Crippen molar-refractivity contribution < 1.29 is 19.4 Å². The highest BCUT2D eigenvalue weighted by Gasteiger charge is 2.06. The molecule has 0 aliphatic rings. The van der Waals surface area contributed by atoms with Crippen LogP contribution < -0.4 is 0 Å². The molecule has 0 aromatic rings. The Hall–Kier alpha value is -0.610. The maximum Gasteiger partial charge on any atom is 0.305 e. The Morgan fingerprint density at radius 2 is 1.64 bits per heavy atom. The maximum absolute atomic E-state index is 11.5. The number of carbonyl (C=O) groups excluding carboxylic acids is 1. The first kappa shape index (κ1) is 21.4. The zero-order valence-electron chi connectivity index (χ0n) is 14.6. The van der Waals surface area contributed by atoms with Gasteiger partial charge in [-0.25, -0.2) is 0 Å². The van der Waals surface area contributed by atoms with Crippen LogP contribution in [-0.4, -0.2) is 37.0 Å². The molecule has 0 amide bonds. The lowest BCUT2D eigenvalue weighted by Gasteiger charge is -2.10. The fourth-order valence-corrected chi connectivity index (χ4v) is 2.15. The summed E-state index contributed by atoms with van der Waals surface area (Å²) in [6.45, 7) is 6.26. The van der Waals surface area contributed by atoms with Crippen LogP contribution in [0.15, 0.2) is 0 Å². The average molecular weight is 316 g/mol. The lowest BCUT2D eigenvalue weighted by molar-refractivity contribution is -0.143. The Morgan fingerprint density at radius 3 is 2.36 bits per heavy atom. The molecular weight excluding hydrogens is 280 g/mol. The number of esters is 1. The Kier molecular flexibility index (Phi) is 16.3. The van der Waals surface area contributed by atoms with E-state index < -0.39 is 0 Å². The van der Waals surface area contributed by atoms with Crippen LogP contribution >= 0.6 is 0 Å². The molecule has 1 atom stereocenters. The van der Waals surface area contributed by atoms with Gasteiger partial charge in [-0.15, -0.1) is 0 Å². The predicted octanol–water partition coefficient (Wildman–Crippen LogP) is 4.24. The van der Waals surface area contributed by atoms with Gasteiger partial charge >= 0.3 is 5.97 Å². The Morgan fingerprint density at radius 1 is 0.864 bits per heavy atom. The van der Waals surface area contributed by atoms with Gasteiger partial charge in [-0.1, -0.05) is 46.0 Å². The molecule has 0 aromatic carbocycles. The highest BCUT2D eigenvalue weighted by atomic mass is 16.5. The van der Waals surface area contributed by atoms with Gasteiger partial charge in [0.1, 0.15) is 0 Å².